The van der Waals surface area contributed by atoms with Crippen molar-refractivity contribution >= 4 is 64.8 Å². The average molecular weight is 762 g/mol. The number of non-ortho nitro benzene ring substituents is 1. The number of aryl methyl sites for hydroxylation is 1. The summed E-state index contributed by atoms with van der Waals surface area (Å²) in [5.74, 6) is 0. The second kappa shape index (κ2) is 20.8. The van der Waals surface area contributed by atoms with Crippen LogP contribution < -0.4 is 4.57 Å². The van der Waals surface area contributed by atoms with Crippen molar-refractivity contribution in [1.82, 2.24) is 4.31 Å². The van der Waals surface area contributed by atoms with Gasteiger partial charge in [-0.05, 0) is 42.6 Å². The molecule has 0 spiro atoms. The largest absolute Gasteiger partial charge is 0.301 e. The zero-order chi connectivity index (χ0) is 36.6. The molecule has 0 atom stereocenters. The van der Waals surface area contributed by atoms with Crippen molar-refractivity contribution in [3.05, 3.63) is 56.6 Å². The second-order valence-corrected chi connectivity index (χ2v) is 17.3. The highest BCUT2D eigenvalue weighted by atomic mass is 32.2. The Labute approximate surface area is 298 Å². The van der Waals surface area contributed by atoms with Crippen molar-refractivity contribution in [1.29, 1.82) is 0 Å². The van der Waals surface area contributed by atoms with Gasteiger partial charge in [0.15, 0.2) is 4.90 Å². The van der Waals surface area contributed by atoms with E-state index in [0.29, 0.717) is 23.6 Å². The minimum absolute atomic E-state index is 0.400. The van der Waals surface area contributed by atoms with Crippen molar-refractivity contribution in [3.8, 4) is 0 Å². The van der Waals surface area contributed by atoms with Crippen molar-refractivity contribution in [2.45, 2.75) is 111 Å². The molecule has 3 aromatic rings. The fourth-order valence-corrected chi connectivity index (χ4v) is 9.10. The van der Waals surface area contributed by atoms with Crippen LogP contribution in [0.5, 0.6) is 0 Å². The Kier molecular flexibility index (Phi) is 18.1. The summed E-state index contributed by atoms with van der Waals surface area (Å²) in [6, 6.07) is 7.32. The van der Waals surface area contributed by atoms with E-state index in [1.54, 1.807) is 36.2 Å². The van der Waals surface area contributed by atoms with Crippen molar-refractivity contribution < 1.29 is 35.8 Å². The molecule has 49 heavy (non-hydrogen) atoms. The predicted octanol–water partition coefficient (Wildman–Crippen LogP) is 8.30. The molecule has 1 N–H and O–H groups in total. The molecule has 0 aliphatic heterocycles. The number of aromatic nitrogens is 1. The first-order valence-electron chi connectivity index (χ1n) is 16.5. The minimum Gasteiger partial charge on any atom is -0.282 e. The lowest BCUT2D eigenvalue weighted by atomic mass is 10.0. The molecule has 0 saturated carbocycles. The summed E-state index contributed by atoms with van der Waals surface area (Å²) in [6.45, 7) is 2.86. The van der Waals surface area contributed by atoms with E-state index < -0.39 is 46.3 Å². The van der Waals surface area contributed by atoms with Crippen molar-refractivity contribution in [2.75, 3.05) is 19.8 Å². The first kappa shape index (κ1) is 42.5. The molecule has 0 aliphatic rings. The Hall–Kier alpha value is -2.70. The summed E-state index contributed by atoms with van der Waals surface area (Å²) in [5, 5.41) is 20.8. The number of nitrogens with zero attached hydrogens (tertiary/aromatic N) is 4. The van der Waals surface area contributed by atoms with Crippen LogP contribution in [0, 0.1) is 20.2 Å². The molecule has 0 radical (unpaired) electrons. The molecule has 0 aliphatic carbocycles. The standard InChI is InChI=1S/C26H45N2O2S3.C6H4N2O7S/c1-5-6-7-8-9-10-11-12-13-14-15-16-17-18-21-27(2)33(29,30)23-19-20-24-25(22-23)32-26(31-4)28(24)3;9-7(10)4-1-2-6(16(13,14)15)5(3-4)8(11)12/h19-20,22H,5-18,21H2,1-4H3;1-3H,(H,13,14,15)/q+1;. The van der Waals surface area contributed by atoms with E-state index in [9.17, 15) is 37.1 Å². The van der Waals surface area contributed by atoms with E-state index in [4.69, 9.17) is 4.55 Å². The first-order valence-corrected chi connectivity index (χ1v) is 21.4. The normalized spacial score (nSPS) is 11.9. The van der Waals surface area contributed by atoms with E-state index >= 15 is 0 Å². The molecule has 1 heterocycles. The van der Waals surface area contributed by atoms with Gasteiger partial charge in [-0.15, -0.1) is 0 Å². The maximum atomic E-state index is 13.0. The topological polar surface area (TPSA) is 182 Å². The molecule has 0 saturated heterocycles. The smallest absolute Gasteiger partial charge is 0.282 e. The molecule has 3 rings (SSSR count). The molecule has 1 aromatic heterocycles. The summed E-state index contributed by atoms with van der Waals surface area (Å²) >= 11 is 3.34. The number of hydrogen-bond acceptors (Lipinski definition) is 10. The lowest BCUT2D eigenvalue weighted by Crippen LogP contribution is -2.29. The molecule has 13 nitrogen and oxygen atoms in total. The Balaban J connectivity index is 0.000000435. The zero-order valence-corrected chi connectivity index (χ0v) is 32.0. The van der Waals surface area contributed by atoms with Crippen LogP contribution in [0.15, 0.2) is 50.5 Å². The van der Waals surface area contributed by atoms with Crippen molar-refractivity contribution in [2.24, 2.45) is 7.05 Å². The molecule has 0 fully saturated rings. The molecule has 0 amide bonds. The maximum absolute atomic E-state index is 13.0. The summed E-state index contributed by atoms with van der Waals surface area (Å²) in [4.78, 5) is 18.1. The van der Waals surface area contributed by atoms with Gasteiger partial charge < -0.3 is 0 Å². The zero-order valence-electron chi connectivity index (χ0n) is 28.7. The summed E-state index contributed by atoms with van der Waals surface area (Å²) in [6.07, 6.45) is 20.4. The Bertz CT molecular complexity index is 1750. The number of sulfonamides is 1. The van der Waals surface area contributed by atoms with Gasteiger partial charge in [-0.25, -0.2) is 12.7 Å². The number of unbranched alkanes of at least 4 members (excludes halogenated alkanes) is 13. The Morgan fingerprint density at radius 1 is 0.816 bits per heavy atom. The Morgan fingerprint density at radius 2 is 1.35 bits per heavy atom. The van der Waals surface area contributed by atoms with Gasteiger partial charge >= 0.3 is 10.1 Å². The van der Waals surface area contributed by atoms with Crippen molar-refractivity contribution in [3.63, 3.8) is 0 Å². The first-order chi connectivity index (χ1) is 23.1. The number of rotatable bonds is 21. The third kappa shape index (κ3) is 13.5. The summed E-state index contributed by atoms with van der Waals surface area (Å²) in [5.41, 5.74) is -0.603. The van der Waals surface area contributed by atoms with Gasteiger partial charge in [-0.1, -0.05) is 102 Å². The van der Waals surface area contributed by atoms with Crippen LogP contribution >= 0.6 is 23.1 Å². The van der Waals surface area contributed by atoms with E-state index in [1.165, 1.54) is 85.7 Å². The van der Waals surface area contributed by atoms with Gasteiger partial charge in [0.05, 0.1) is 20.8 Å². The van der Waals surface area contributed by atoms with E-state index in [0.717, 1.165) is 29.1 Å². The monoisotopic (exact) mass is 761 g/mol. The van der Waals surface area contributed by atoms with E-state index in [1.807, 2.05) is 25.4 Å². The lowest BCUT2D eigenvalue weighted by molar-refractivity contribution is -0.676. The summed E-state index contributed by atoms with van der Waals surface area (Å²) < 4.78 is 62.0. The predicted molar refractivity (Wildman–Crippen MR) is 194 cm³/mol. The SMILES string of the molecule is CCCCCCCCCCCCCCCCN(C)S(=O)(=O)c1ccc2c(c1)sc(SC)[n+]2C.O=[N+]([O-])c1ccc(S(=O)(=O)O)c([N+](=O)[O-])c1. The summed E-state index contributed by atoms with van der Waals surface area (Å²) in [7, 11) is -4.48. The molecule has 0 bridgehead atoms. The molecule has 2 aromatic carbocycles. The highest BCUT2D eigenvalue weighted by Gasteiger charge is 2.27. The number of thioether (sulfide) groups is 1. The van der Waals surface area contributed by atoms with E-state index in [-0.39, 0.29) is 0 Å². The van der Waals surface area contributed by atoms with Crippen LogP contribution in [0.2, 0.25) is 0 Å². The molecule has 17 heteroatoms. The fourth-order valence-electron chi connectivity index (χ4n) is 5.26. The third-order valence-corrected chi connectivity index (χ3v) is 13.2. The number of thiazole rings is 1. The maximum Gasteiger partial charge on any atom is 0.301 e. The number of hydrogen-bond donors (Lipinski definition) is 1. The number of benzene rings is 2. The minimum atomic E-state index is -4.79. The second-order valence-electron chi connectivity index (χ2n) is 11.8. The molecular formula is C32H49N4O9S4+. The Morgan fingerprint density at radius 3 is 1.82 bits per heavy atom. The van der Waals surface area contributed by atoms with Gasteiger partial charge in [0.2, 0.25) is 15.5 Å². The molecule has 274 valence electrons. The molecular weight excluding hydrogens is 713 g/mol. The van der Waals surface area contributed by atoms with Crippen LogP contribution in [0.3, 0.4) is 0 Å². The van der Waals surface area contributed by atoms with Crippen LogP contribution in [0.1, 0.15) is 96.8 Å². The van der Waals surface area contributed by atoms with Gasteiger partial charge in [-0.3, -0.25) is 24.8 Å². The van der Waals surface area contributed by atoms with Gasteiger partial charge in [0.1, 0.15) is 11.7 Å². The van der Waals surface area contributed by atoms with Crippen LogP contribution in [-0.2, 0) is 27.2 Å². The highest BCUT2D eigenvalue weighted by Crippen LogP contribution is 2.30. The lowest BCUT2D eigenvalue weighted by Gasteiger charge is -2.17. The number of nitro benzene ring substituents is 2. The van der Waals surface area contributed by atoms with E-state index in [2.05, 4.69) is 11.5 Å². The fraction of sp³-hybridized carbons (Fsp3) is 0.594. The van der Waals surface area contributed by atoms with Crippen LogP contribution in [-0.4, -0.2) is 55.4 Å². The quantitative estimate of drug-likeness (QED) is 0.0277. The average Bonchev–Trinajstić information content (AvgIpc) is 3.38. The van der Waals surface area contributed by atoms with Gasteiger partial charge in [0, 0.05) is 25.7 Å². The number of nitro groups is 2. The highest BCUT2D eigenvalue weighted by molar-refractivity contribution is 8.00. The number of fused-ring (bicyclic) bond motifs is 1. The van der Waals surface area contributed by atoms with Crippen LogP contribution in [0.4, 0.5) is 11.4 Å². The van der Waals surface area contributed by atoms with Crippen LogP contribution in [0.25, 0.3) is 10.2 Å². The van der Waals surface area contributed by atoms with Gasteiger partial charge in [-0.2, -0.15) is 13.0 Å². The van der Waals surface area contributed by atoms with Gasteiger partial charge in [0.25, 0.3) is 15.7 Å². The third-order valence-electron chi connectivity index (χ3n) is 8.10. The molecule has 0 unspecified atom stereocenters.